The van der Waals surface area contributed by atoms with Gasteiger partial charge in [-0.3, -0.25) is 14.5 Å². The first-order valence-electron chi connectivity index (χ1n) is 12.0. The Morgan fingerprint density at radius 3 is 2.56 bits per heavy atom. The van der Waals surface area contributed by atoms with Crippen molar-refractivity contribution in [3.63, 3.8) is 0 Å². The quantitative estimate of drug-likeness (QED) is 0.639. The van der Waals surface area contributed by atoms with Gasteiger partial charge in [0.2, 0.25) is 5.91 Å². The van der Waals surface area contributed by atoms with Gasteiger partial charge in [-0.2, -0.15) is 0 Å². The summed E-state index contributed by atoms with van der Waals surface area (Å²) in [6.07, 6.45) is 7.58. The van der Waals surface area contributed by atoms with Gasteiger partial charge in [0.05, 0.1) is 5.92 Å². The van der Waals surface area contributed by atoms with Gasteiger partial charge in [0.1, 0.15) is 11.9 Å². The third-order valence-corrected chi connectivity index (χ3v) is 7.17. The van der Waals surface area contributed by atoms with Crippen LogP contribution >= 0.6 is 0 Å². The van der Waals surface area contributed by atoms with E-state index in [0.717, 1.165) is 36.1 Å². The summed E-state index contributed by atoms with van der Waals surface area (Å²) in [6, 6.07) is 11.3. The molecule has 1 aliphatic heterocycles. The van der Waals surface area contributed by atoms with Crippen LogP contribution in [0.25, 0.3) is 0 Å². The number of para-hydroxylation sites is 1. The molecule has 2 aliphatic rings. The Morgan fingerprint density at radius 1 is 1.18 bits per heavy atom. The molecule has 1 aliphatic carbocycles. The second kappa shape index (κ2) is 10.2. The maximum Gasteiger partial charge on any atom is 0.325 e. The number of likely N-dealkylation sites (N-methyl/N-ethyl adjacent to an activating group) is 1. The van der Waals surface area contributed by atoms with E-state index in [0.29, 0.717) is 23.8 Å². The Balaban J connectivity index is 1.54. The fourth-order valence-electron chi connectivity index (χ4n) is 5.13. The molecule has 4 amide bonds. The van der Waals surface area contributed by atoms with E-state index in [1.54, 1.807) is 25.4 Å². The average molecular weight is 464 g/mol. The first kappa shape index (κ1) is 23.7. The van der Waals surface area contributed by atoms with Crippen molar-refractivity contribution in [2.75, 3.05) is 17.7 Å². The number of carbonyl (C=O) groups excluding carboxylic acids is 3. The third kappa shape index (κ3) is 4.90. The number of amides is 4. The maximum atomic E-state index is 13.6. The van der Waals surface area contributed by atoms with Crippen LogP contribution in [0.5, 0.6) is 0 Å². The molecule has 2 heterocycles. The zero-order valence-corrected chi connectivity index (χ0v) is 19.8. The van der Waals surface area contributed by atoms with Gasteiger partial charge >= 0.3 is 6.03 Å². The highest BCUT2D eigenvalue weighted by Gasteiger charge is 2.55. The van der Waals surface area contributed by atoms with Crippen molar-refractivity contribution >= 4 is 29.4 Å². The summed E-state index contributed by atoms with van der Waals surface area (Å²) >= 11 is 0. The lowest BCUT2D eigenvalue weighted by Gasteiger charge is -2.46. The lowest BCUT2D eigenvalue weighted by Crippen LogP contribution is -2.71. The lowest BCUT2D eigenvalue weighted by molar-refractivity contribution is -0.156. The van der Waals surface area contributed by atoms with Crippen LogP contribution in [-0.2, 0) is 16.0 Å². The molecule has 8 nitrogen and oxygen atoms in total. The summed E-state index contributed by atoms with van der Waals surface area (Å²) in [5.74, 6) is -0.534. The number of imide groups is 1. The van der Waals surface area contributed by atoms with Gasteiger partial charge in [-0.15, -0.1) is 0 Å². The SMILES string of the molecule is C[C@@H](NC(=O)N1C(=O)[C@H](Cc2ccnc(N)c2)[C@H]1C(=O)N(C)c1ccccc1)C1CCCCC1. The molecule has 1 saturated heterocycles. The molecule has 0 unspecified atom stereocenters. The number of aromatic nitrogens is 1. The zero-order chi connectivity index (χ0) is 24.2. The molecule has 3 N–H and O–H groups in total. The van der Waals surface area contributed by atoms with Gasteiger partial charge in [0.15, 0.2) is 0 Å². The Hall–Kier alpha value is -3.42. The van der Waals surface area contributed by atoms with Crippen molar-refractivity contribution in [1.82, 2.24) is 15.2 Å². The van der Waals surface area contributed by atoms with E-state index in [9.17, 15) is 14.4 Å². The average Bonchev–Trinajstić information content (AvgIpc) is 2.85. The van der Waals surface area contributed by atoms with Crippen LogP contribution in [0.4, 0.5) is 16.3 Å². The fraction of sp³-hybridized carbons (Fsp3) is 0.462. The van der Waals surface area contributed by atoms with Gasteiger partial charge in [-0.1, -0.05) is 37.5 Å². The van der Waals surface area contributed by atoms with Crippen molar-refractivity contribution in [2.24, 2.45) is 11.8 Å². The Kier molecular flexibility index (Phi) is 7.14. The number of nitrogen functional groups attached to an aromatic ring is 1. The predicted octanol–water partition coefficient (Wildman–Crippen LogP) is 3.37. The summed E-state index contributed by atoms with van der Waals surface area (Å²) in [6.45, 7) is 1.99. The zero-order valence-electron chi connectivity index (χ0n) is 19.8. The highest BCUT2D eigenvalue weighted by molar-refractivity contribution is 6.12. The number of likely N-dealkylation sites (tertiary alicyclic amines) is 1. The van der Waals surface area contributed by atoms with Crippen molar-refractivity contribution in [1.29, 1.82) is 0 Å². The second-order valence-corrected chi connectivity index (χ2v) is 9.42. The number of benzene rings is 1. The molecule has 0 radical (unpaired) electrons. The molecular weight excluding hydrogens is 430 g/mol. The maximum absolute atomic E-state index is 13.6. The molecule has 0 spiro atoms. The summed E-state index contributed by atoms with van der Waals surface area (Å²) in [4.78, 5) is 46.5. The molecule has 3 atom stereocenters. The largest absolute Gasteiger partial charge is 0.384 e. The van der Waals surface area contributed by atoms with Crippen LogP contribution in [0.1, 0.15) is 44.6 Å². The molecule has 0 bridgehead atoms. The van der Waals surface area contributed by atoms with Crippen LogP contribution in [0, 0.1) is 11.8 Å². The van der Waals surface area contributed by atoms with Crippen LogP contribution in [0.2, 0.25) is 0 Å². The van der Waals surface area contributed by atoms with E-state index in [4.69, 9.17) is 5.73 Å². The lowest BCUT2D eigenvalue weighted by atomic mass is 9.81. The molecule has 180 valence electrons. The van der Waals surface area contributed by atoms with E-state index in [2.05, 4.69) is 10.3 Å². The summed E-state index contributed by atoms with van der Waals surface area (Å²) < 4.78 is 0. The van der Waals surface area contributed by atoms with E-state index in [1.807, 2.05) is 37.3 Å². The Morgan fingerprint density at radius 2 is 1.88 bits per heavy atom. The Labute approximate surface area is 200 Å². The number of hydrogen-bond donors (Lipinski definition) is 2. The van der Waals surface area contributed by atoms with Gasteiger partial charge in [-0.25, -0.2) is 9.78 Å². The number of rotatable bonds is 6. The van der Waals surface area contributed by atoms with E-state index in [1.165, 1.54) is 11.3 Å². The molecule has 8 heteroatoms. The standard InChI is InChI=1S/C26H33N5O3/c1-17(19-9-5-3-6-10-19)29-26(34)31-23(25(33)30(2)20-11-7-4-8-12-20)21(24(31)32)15-18-13-14-28-22(27)16-18/h4,7-8,11-14,16-17,19,21,23H,3,5-6,9-10,15H2,1-2H3,(H2,27,28)(H,29,34)/t17-,21-,23+/m1/s1. The minimum atomic E-state index is -0.884. The fourth-order valence-corrected chi connectivity index (χ4v) is 5.13. The molecule has 1 aromatic heterocycles. The van der Waals surface area contributed by atoms with Gasteiger partial charge in [0.25, 0.3) is 5.91 Å². The van der Waals surface area contributed by atoms with Gasteiger partial charge < -0.3 is 16.0 Å². The predicted molar refractivity (Wildman–Crippen MR) is 131 cm³/mol. The number of nitrogens with zero attached hydrogens (tertiary/aromatic N) is 3. The summed E-state index contributed by atoms with van der Waals surface area (Å²) in [5.41, 5.74) is 7.31. The van der Waals surface area contributed by atoms with Gasteiger partial charge in [0, 0.05) is 25.0 Å². The molecule has 34 heavy (non-hydrogen) atoms. The molecule has 1 aromatic carbocycles. The van der Waals surface area contributed by atoms with E-state index in [-0.39, 0.29) is 17.9 Å². The van der Waals surface area contributed by atoms with E-state index >= 15 is 0 Å². The number of nitrogens with one attached hydrogen (secondary N) is 1. The van der Waals surface area contributed by atoms with Crippen LogP contribution in [0.15, 0.2) is 48.7 Å². The first-order valence-corrected chi connectivity index (χ1v) is 12.0. The number of anilines is 2. The minimum Gasteiger partial charge on any atom is -0.384 e. The number of nitrogens with two attached hydrogens (primary N) is 1. The van der Waals surface area contributed by atoms with Crippen molar-refractivity contribution in [3.05, 3.63) is 54.2 Å². The third-order valence-electron chi connectivity index (χ3n) is 7.17. The number of urea groups is 1. The molecule has 4 rings (SSSR count). The molecule has 2 aromatic rings. The highest BCUT2D eigenvalue weighted by Crippen LogP contribution is 2.33. The number of carbonyl (C=O) groups is 3. The first-order chi connectivity index (χ1) is 16.4. The van der Waals surface area contributed by atoms with Crippen molar-refractivity contribution in [2.45, 2.75) is 57.5 Å². The molecule has 1 saturated carbocycles. The smallest absolute Gasteiger partial charge is 0.325 e. The summed E-state index contributed by atoms with van der Waals surface area (Å²) in [7, 11) is 1.67. The van der Waals surface area contributed by atoms with Gasteiger partial charge in [-0.05, 0) is 61.9 Å². The summed E-state index contributed by atoms with van der Waals surface area (Å²) in [5, 5.41) is 3.00. The monoisotopic (exact) mass is 463 g/mol. The number of pyridine rings is 1. The molecule has 2 fully saturated rings. The van der Waals surface area contributed by atoms with Crippen molar-refractivity contribution < 1.29 is 14.4 Å². The van der Waals surface area contributed by atoms with Crippen LogP contribution in [0.3, 0.4) is 0 Å². The number of hydrogen-bond acceptors (Lipinski definition) is 5. The topological polar surface area (TPSA) is 109 Å². The van der Waals surface area contributed by atoms with Crippen LogP contribution in [-0.4, -0.2) is 46.9 Å². The highest BCUT2D eigenvalue weighted by atomic mass is 16.2. The second-order valence-electron chi connectivity index (χ2n) is 9.42. The normalized spacial score (nSPS) is 21.5. The van der Waals surface area contributed by atoms with E-state index < -0.39 is 18.0 Å². The number of β-lactam (4-membered cyclic amide) rings is 1. The molecular formula is C26H33N5O3. The van der Waals surface area contributed by atoms with Crippen LogP contribution < -0.4 is 16.0 Å². The Bertz CT molecular complexity index is 1040. The van der Waals surface area contributed by atoms with Crippen molar-refractivity contribution in [3.8, 4) is 0 Å². The minimum absolute atomic E-state index is 0.0535.